The minimum Gasteiger partial charge on any atom is -0.481 e. The highest BCUT2D eigenvalue weighted by molar-refractivity contribution is 14.1. The molecule has 1 rings (SSSR count). The molecule has 0 unspecified atom stereocenters. The summed E-state index contributed by atoms with van der Waals surface area (Å²) in [5.41, 5.74) is 0.989. The molecule has 0 aromatic heterocycles. The van der Waals surface area contributed by atoms with Crippen LogP contribution in [0.1, 0.15) is 38.5 Å². The van der Waals surface area contributed by atoms with E-state index in [0.717, 1.165) is 9.26 Å². The Kier molecular flexibility index (Phi) is 13.1. The van der Waals surface area contributed by atoms with Crippen molar-refractivity contribution in [3.8, 4) is 0 Å². The summed E-state index contributed by atoms with van der Waals surface area (Å²) in [5.74, 6) is -3.51. The Hall–Kier alpha value is -2.61. The van der Waals surface area contributed by atoms with Gasteiger partial charge in [-0.3, -0.25) is 9.59 Å². The quantitative estimate of drug-likeness (QED) is 0.0898. The van der Waals surface area contributed by atoms with Crippen LogP contribution in [0.25, 0.3) is 0 Å². The van der Waals surface area contributed by atoms with E-state index >= 15 is 0 Å². The van der Waals surface area contributed by atoms with E-state index in [9.17, 15) is 24.3 Å². The van der Waals surface area contributed by atoms with Crippen LogP contribution < -0.4 is 21.3 Å². The number of carbonyl (C=O) groups excluding carboxylic acids is 1. The predicted octanol–water partition coefficient (Wildman–Crippen LogP) is 1.88. The third-order valence-corrected chi connectivity index (χ3v) is 5.14. The topological polar surface area (TPSA) is 177 Å². The molecule has 12 heteroatoms. The summed E-state index contributed by atoms with van der Waals surface area (Å²) in [4.78, 5) is 45.1. The van der Waals surface area contributed by atoms with Crippen LogP contribution in [0, 0.1) is 3.57 Å². The molecule has 178 valence electrons. The molecule has 0 heterocycles. The first-order chi connectivity index (χ1) is 15.2. The normalized spacial score (nSPS) is 12.4. The van der Waals surface area contributed by atoms with Crippen LogP contribution in [0.5, 0.6) is 0 Å². The Labute approximate surface area is 199 Å². The molecule has 0 saturated carbocycles. The number of benzene rings is 1. The number of urea groups is 1. The summed E-state index contributed by atoms with van der Waals surface area (Å²) < 4.78 is 1.15. The van der Waals surface area contributed by atoms with E-state index < -0.39 is 42.4 Å². The molecule has 2 atom stereocenters. The van der Waals surface area contributed by atoms with Crippen molar-refractivity contribution in [2.45, 2.75) is 50.6 Å². The van der Waals surface area contributed by atoms with E-state index in [2.05, 4.69) is 43.9 Å². The van der Waals surface area contributed by atoms with Gasteiger partial charge in [-0.1, -0.05) is 0 Å². The zero-order valence-electron chi connectivity index (χ0n) is 17.5. The Balaban J connectivity index is 2.31. The number of carboxylic acids is 3. The third kappa shape index (κ3) is 12.9. The van der Waals surface area contributed by atoms with E-state index in [4.69, 9.17) is 10.2 Å². The van der Waals surface area contributed by atoms with Gasteiger partial charge in [0.25, 0.3) is 0 Å². The van der Waals surface area contributed by atoms with Crippen molar-refractivity contribution in [3.63, 3.8) is 0 Å². The van der Waals surface area contributed by atoms with Gasteiger partial charge in [-0.2, -0.15) is 0 Å². The van der Waals surface area contributed by atoms with Gasteiger partial charge in [0.05, 0.1) is 13.1 Å². The SMILES string of the molecule is O=C(O)CC[C@@H](CC(=O)O)NC(=O)N[C@@H](CCCCNCNc1ccc(I)cc1)C(=O)O. The first-order valence-electron chi connectivity index (χ1n) is 10.1. The van der Waals surface area contributed by atoms with Crippen LogP contribution in [0.4, 0.5) is 10.5 Å². The molecule has 0 saturated heterocycles. The number of anilines is 1. The lowest BCUT2D eigenvalue weighted by Gasteiger charge is -2.19. The first-order valence-corrected chi connectivity index (χ1v) is 11.2. The summed E-state index contributed by atoms with van der Waals surface area (Å²) in [5, 5.41) is 38.0. The highest BCUT2D eigenvalue weighted by atomic mass is 127. The molecule has 0 radical (unpaired) electrons. The van der Waals surface area contributed by atoms with Crippen LogP contribution in [-0.4, -0.2) is 64.6 Å². The number of unbranched alkanes of at least 4 members (excludes halogenated alkanes) is 1. The maximum atomic E-state index is 12.1. The molecule has 7 N–H and O–H groups in total. The van der Waals surface area contributed by atoms with Crippen molar-refractivity contribution >= 4 is 52.2 Å². The average molecular weight is 564 g/mol. The van der Waals surface area contributed by atoms with Crippen LogP contribution in [0.15, 0.2) is 24.3 Å². The molecule has 0 aliphatic carbocycles. The van der Waals surface area contributed by atoms with Crippen molar-refractivity contribution in [1.29, 1.82) is 0 Å². The fraction of sp³-hybridized carbons (Fsp3) is 0.500. The molecule has 0 bridgehead atoms. The van der Waals surface area contributed by atoms with Crippen LogP contribution in [0.3, 0.4) is 0 Å². The Morgan fingerprint density at radius 1 is 0.906 bits per heavy atom. The van der Waals surface area contributed by atoms with Crippen LogP contribution >= 0.6 is 22.6 Å². The van der Waals surface area contributed by atoms with Gasteiger partial charge in [-0.15, -0.1) is 0 Å². The van der Waals surface area contributed by atoms with Gasteiger partial charge in [-0.25, -0.2) is 9.59 Å². The fourth-order valence-electron chi connectivity index (χ4n) is 2.80. The zero-order valence-corrected chi connectivity index (χ0v) is 19.6. The largest absolute Gasteiger partial charge is 0.481 e. The number of amides is 2. The maximum Gasteiger partial charge on any atom is 0.326 e. The van der Waals surface area contributed by atoms with Crippen molar-refractivity contribution < 1.29 is 34.5 Å². The van der Waals surface area contributed by atoms with Gasteiger partial charge in [0.15, 0.2) is 0 Å². The number of rotatable bonds is 16. The van der Waals surface area contributed by atoms with Gasteiger partial charge in [-0.05, 0) is 79.1 Å². The van der Waals surface area contributed by atoms with E-state index in [1.807, 2.05) is 24.3 Å². The number of carbonyl (C=O) groups is 4. The maximum absolute atomic E-state index is 12.1. The average Bonchev–Trinajstić information content (AvgIpc) is 2.71. The first kappa shape index (κ1) is 27.4. The minimum absolute atomic E-state index is 0.0747. The Morgan fingerprint density at radius 3 is 2.19 bits per heavy atom. The molecular weight excluding hydrogens is 535 g/mol. The summed E-state index contributed by atoms with van der Waals surface area (Å²) in [6, 6.07) is 5.05. The number of nitrogens with one attached hydrogen (secondary N) is 4. The third-order valence-electron chi connectivity index (χ3n) is 4.42. The van der Waals surface area contributed by atoms with Crippen LogP contribution in [-0.2, 0) is 14.4 Å². The lowest BCUT2D eigenvalue weighted by atomic mass is 10.1. The Bertz CT molecular complexity index is 761. The molecule has 0 aliphatic rings. The molecule has 1 aromatic rings. The highest BCUT2D eigenvalue weighted by Crippen LogP contribution is 2.10. The molecule has 0 spiro atoms. The second kappa shape index (κ2) is 15.2. The van der Waals surface area contributed by atoms with Gasteiger partial charge in [0, 0.05) is 21.7 Å². The summed E-state index contributed by atoms with van der Waals surface area (Å²) in [6.07, 6.45) is 0.599. The second-order valence-corrected chi connectivity index (χ2v) is 8.34. The van der Waals surface area contributed by atoms with E-state index in [1.54, 1.807) is 0 Å². The predicted molar refractivity (Wildman–Crippen MR) is 126 cm³/mol. The summed E-state index contributed by atoms with van der Waals surface area (Å²) in [6.45, 7) is 1.22. The molecule has 2 amide bonds. The standard InChI is InChI=1S/C20H29IN4O7/c21-13-4-6-14(7-5-13)23-12-22-10-2-1-3-16(19(30)31)25-20(32)24-15(11-18(28)29)8-9-17(26)27/h4-7,15-16,22-23H,1-3,8-12H2,(H,26,27)(H,28,29)(H,30,31)(H2,24,25,32)/t15-,16-/m0/s1. The smallest absolute Gasteiger partial charge is 0.326 e. The number of aliphatic carboxylic acids is 3. The zero-order chi connectivity index (χ0) is 23.9. The van der Waals surface area contributed by atoms with Crippen molar-refractivity contribution in [2.24, 2.45) is 0 Å². The fourth-order valence-corrected chi connectivity index (χ4v) is 3.16. The molecule has 11 nitrogen and oxygen atoms in total. The van der Waals surface area contributed by atoms with Gasteiger partial charge >= 0.3 is 23.9 Å². The molecule has 32 heavy (non-hydrogen) atoms. The van der Waals surface area contributed by atoms with Gasteiger partial charge < -0.3 is 36.6 Å². The van der Waals surface area contributed by atoms with E-state index in [1.165, 1.54) is 0 Å². The summed E-state index contributed by atoms with van der Waals surface area (Å²) >= 11 is 2.23. The molecular formula is C20H29IN4O7. The second-order valence-electron chi connectivity index (χ2n) is 7.09. The molecule has 0 fully saturated rings. The van der Waals surface area contributed by atoms with Crippen LogP contribution in [0.2, 0.25) is 0 Å². The summed E-state index contributed by atoms with van der Waals surface area (Å²) in [7, 11) is 0. The van der Waals surface area contributed by atoms with Gasteiger partial charge in [0.2, 0.25) is 0 Å². The number of hydrogen-bond donors (Lipinski definition) is 7. The minimum atomic E-state index is -1.20. The van der Waals surface area contributed by atoms with Crippen molar-refractivity contribution in [3.05, 3.63) is 27.8 Å². The number of carboxylic acid groups (broad SMARTS) is 3. The van der Waals surface area contributed by atoms with Gasteiger partial charge in [0.1, 0.15) is 6.04 Å². The lowest BCUT2D eigenvalue weighted by Crippen LogP contribution is -2.49. The van der Waals surface area contributed by atoms with Crippen molar-refractivity contribution in [1.82, 2.24) is 16.0 Å². The monoisotopic (exact) mass is 564 g/mol. The van der Waals surface area contributed by atoms with E-state index in [0.29, 0.717) is 26.1 Å². The number of hydrogen-bond acceptors (Lipinski definition) is 6. The molecule has 1 aromatic carbocycles. The van der Waals surface area contributed by atoms with E-state index in [-0.39, 0.29) is 19.3 Å². The lowest BCUT2D eigenvalue weighted by molar-refractivity contribution is -0.140. The van der Waals surface area contributed by atoms with Crippen molar-refractivity contribution in [2.75, 3.05) is 18.5 Å². The Morgan fingerprint density at radius 2 is 1.59 bits per heavy atom. The highest BCUT2D eigenvalue weighted by Gasteiger charge is 2.22. The number of halogens is 1. The molecule has 0 aliphatic heterocycles.